The Morgan fingerprint density at radius 2 is 2.07 bits per heavy atom. The number of nitrogens with one attached hydrogen (secondary N) is 2. The molecule has 4 unspecified atom stereocenters. The number of carbonyl (C=O) groups is 1. The number of anilines is 2. The van der Waals surface area contributed by atoms with Gasteiger partial charge in [0.2, 0.25) is 11.0 Å². The first-order valence-electron chi connectivity index (χ1n) is 9.68. The Kier molecular flexibility index (Phi) is 7.18. The minimum absolute atomic E-state index is 0.0744. The lowest BCUT2D eigenvalue weighted by Gasteiger charge is -2.35. The van der Waals surface area contributed by atoms with E-state index in [4.69, 9.17) is 4.74 Å². The molecule has 0 aliphatic heterocycles. The van der Waals surface area contributed by atoms with Crippen LogP contribution < -0.4 is 15.4 Å². The first-order chi connectivity index (χ1) is 13.5. The summed E-state index contributed by atoms with van der Waals surface area (Å²) in [5, 5.41) is 15.3. The zero-order valence-electron chi connectivity index (χ0n) is 16.8. The fourth-order valence-electron chi connectivity index (χ4n) is 3.46. The average Bonchev–Trinajstić information content (AvgIpc) is 3.12. The van der Waals surface area contributed by atoms with Crippen LogP contribution in [0.3, 0.4) is 0 Å². The molecule has 1 fully saturated rings. The molecule has 8 heteroatoms. The molecule has 1 saturated carbocycles. The van der Waals surface area contributed by atoms with E-state index in [1.54, 1.807) is 7.11 Å². The number of benzene rings is 1. The molecule has 152 valence electrons. The molecule has 6 nitrogen and oxygen atoms in total. The molecule has 0 radical (unpaired) electrons. The fourth-order valence-corrected chi connectivity index (χ4v) is 5.38. The molecule has 2 aromatic rings. The molecular formula is C20H28N4O2S2. The number of amides is 1. The fraction of sp³-hybridized carbons (Fsp3) is 0.550. The molecule has 2 N–H and O–H groups in total. The molecule has 4 atom stereocenters. The number of nitrogens with zero attached hydrogens (tertiary/aromatic N) is 2. The van der Waals surface area contributed by atoms with Crippen LogP contribution in [0.15, 0.2) is 28.6 Å². The van der Waals surface area contributed by atoms with Crippen LogP contribution in [-0.4, -0.2) is 34.5 Å². The van der Waals surface area contributed by atoms with Gasteiger partial charge in [-0.15, -0.1) is 10.2 Å². The van der Waals surface area contributed by atoms with Gasteiger partial charge in [-0.3, -0.25) is 4.79 Å². The zero-order chi connectivity index (χ0) is 20.1. The van der Waals surface area contributed by atoms with Gasteiger partial charge in [0.1, 0.15) is 5.75 Å². The summed E-state index contributed by atoms with van der Waals surface area (Å²) in [6.07, 6.45) is 3.51. The van der Waals surface area contributed by atoms with Gasteiger partial charge in [0.05, 0.1) is 18.0 Å². The number of thioether (sulfide) groups is 1. The van der Waals surface area contributed by atoms with E-state index in [-0.39, 0.29) is 17.2 Å². The maximum absolute atomic E-state index is 12.6. The maximum atomic E-state index is 12.6. The first-order valence-corrected chi connectivity index (χ1v) is 11.4. The lowest BCUT2D eigenvalue weighted by Crippen LogP contribution is -2.46. The molecule has 1 aromatic heterocycles. The second kappa shape index (κ2) is 9.60. The number of hydrogen-bond donors (Lipinski definition) is 2. The second-order valence-corrected chi connectivity index (χ2v) is 9.91. The zero-order valence-corrected chi connectivity index (χ0v) is 18.4. The number of methoxy groups -OCH3 is 1. The van der Waals surface area contributed by atoms with Gasteiger partial charge in [-0.1, -0.05) is 61.9 Å². The number of rotatable bonds is 7. The predicted molar refractivity (Wildman–Crippen MR) is 116 cm³/mol. The van der Waals surface area contributed by atoms with Crippen LogP contribution >= 0.6 is 23.1 Å². The highest BCUT2D eigenvalue weighted by atomic mass is 32.2. The highest BCUT2D eigenvalue weighted by Gasteiger charge is 2.29. The van der Waals surface area contributed by atoms with E-state index < -0.39 is 0 Å². The molecule has 0 spiro atoms. The smallest absolute Gasteiger partial charge is 0.233 e. The van der Waals surface area contributed by atoms with Crippen LogP contribution in [0, 0.1) is 11.8 Å². The Morgan fingerprint density at radius 1 is 1.29 bits per heavy atom. The quantitative estimate of drug-likeness (QED) is 0.632. The van der Waals surface area contributed by atoms with Crippen molar-refractivity contribution in [2.75, 3.05) is 12.4 Å². The first kappa shape index (κ1) is 20.9. The lowest BCUT2D eigenvalue weighted by atomic mass is 9.78. The Balaban J connectivity index is 1.56. The molecule has 1 heterocycles. The molecule has 1 amide bonds. The lowest BCUT2D eigenvalue weighted by molar-refractivity contribution is -0.121. The van der Waals surface area contributed by atoms with Crippen molar-refractivity contribution in [2.24, 2.45) is 11.8 Å². The standard InChI is InChI=1S/C20H28N4O2S2/c1-12-8-7-10-15(13(12)2)21-18(25)14(3)27-20-24-23-19(28-20)22-16-9-5-6-11-17(16)26-4/h5-6,9,11-15H,7-8,10H2,1-4H3,(H,21,25)(H,22,23). The monoisotopic (exact) mass is 420 g/mol. The Morgan fingerprint density at radius 3 is 2.86 bits per heavy atom. The van der Waals surface area contributed by atoms with Gasteiger partial charge in [0.25, 0.3) is 0 Å². The largest absolute Gasteiger partial charge is 0.495 e. The SMILES string of the molecule is COc1ccccc1Nc1nnc(SC(C)C(=O)NC2CCCC(C)C2C)s1. The second-order valence-electron chi connectivity index (χ2n) is 7.34. The summed E-state index contributed by atoms with van der Waals surface area (Å²) in [5.41, 5.74) is 0.837. The summed E-state index contributed by atoms with van der Waals surface area (Å²) in [4.78, 5) is 12.6. The topological polar surface area (TPSA) is 76.1 Å². The summed E-state index contributed by atoms with van der Waals surface area (Å²) < 4.78 is 6.11. The highest BCUT2D eigenvalue weighted by Crippen LogP contribution is 2.34. The molecule has 3 rings (SSSR count). The van der Waals surface area contributed by atoms with Crippen molar-refractivity contribution in [3.8, 4) is 5.75 Å². The van der Waals surface area contributed by atoms with E-state index in [9.17, 15) is 4.79 Å². The van der Waals surface area contributed by atoms with E-state index in [1.807, 2.05) is 31.2 Å². The third-order valence-electron chi connectivity index (χ3n) is 5.44. The van der Waals surface area contributed by atoms with Crippen LogP contribution in [0.5, 0.6) is 5.75 Å². The van der Waals surface area contributed by atoms with Crippen molar-refractivity contribution >= 4 is 39.8 Å². The number of para-hydroxylation sites is 2. The van der Waals surface area contributed by atoms with E-state index in [0.29, 0.717) is 17.0 Å². The molecule has 1 aromatic carbocycles. The van der Waals surface area contributed by atoms with E-state index in [1.165, 1.54) is 35.9 Å². The third-order valence-corrected chi connectivity index (χ3v) is 7.46. The van der Waals surface area contributed by atoms with Gasteiger partial charge in [-0.05, 0) is 37.3 Å². The van der Waals surface area contributed by atoms with Gasteiger partial charge in [0, 0.05) is 6.04 Å². The van der Waals surface area contributed by atoms with Crippen molar-refractivity contribution in [3.05, 3.63) is 24.3 Å². The minimum Gasteiger partial charge on any atom is -0.495 e. The highest BCUT2D eigenvalue weighted by molar-refractivity contribution is 8.02. The average molecular weight is 421 g/mol. The van der Waals surface area contributed by atoms with Crippen molar-refractivity contribution in [3.63, 3.8) is 0 Å². The normalized spacial score (nSPS) is 23.1. The van der Waals surface area contributed by atoms with Gasteiger partial charge < -0.3 is 15.4 Å². The number of hydrogen-bond acceptors (Lipinski definition) is 7. The van der Waals surface area contributed by atoms with Crippen LogP contribution in [-0.2, 0) is 4.79 Å². The van der Waals surface area contributed by atoms with Crippen LogP contribution in [0.1, 0.15) is 40.0 Å². The van der Waals surface area contributed by atoms with Crippen molar-refractivity contribution < 1.29 is 9.53 Å². The third kappa shape index (κ3) is 5.17. The van der Waals surface area contributed by atoms with Gasteiger partial charge in [-0.2, -0.15) is 0 Å². The summed E-state index contributed by atoms with van der Waals surface area (Å²) in [7, 11) is 1.64. The van der Waals surface area contributed by atoms with Gasteiger partial charge in [0.15, 0.2) is 4.34 Å². The molecule has 1 aliphatic rings. The predicted octanol–water partition coefficient (Wildman–Crippen LogP) is 4.71. The minimum atomic E-state index is -0.212. The number of aromatic nitrogens is 2. The Bertz CT molecular complexity index is 798. The number of carbonyl (C=O) groups excluding carboxylic acids is 1. The van der Waals surface area contributed by atoms with Crippen molar-refractivity contribution in [1.82, 2.24) is 15.5 Å². The molecular weight excluding hydrogens is 392 g/mol. The van der Waals surface area contributed by atoms with E-state index in [2.05, 4.69) is 34.7 Å². The van der Waals surface area contributed by atoms with E-state index in [0.717, 1.165) is 22.2 Å². The maximum Gasteiger partial charge on any atom is 0.233 e. The summed E-state index contributed by atoms with van der Waals surface area (Å²) in [6.45, 7) is 6.44. The van der Waals surface area contributed by atoms with Crippen LogP contribution in [0.25, 0.3) is 0 Å². The Hall–Kier alpha value is -1.80. The van der Waals surface area contributed by atoms with Gasteiger partial charge >= 0.3 is 0 Å². The number of ether oxygens (including phenoxy) is 1. The molecule has 28 heavy (non-hydrogen) atoms. The van der Waals surface area contributed by atoms with Crippen molar-refractivity contribution in [1.29, 1.82) is 0 Å². The molecule has 0 saturated heterocycles. The van der Waals surface area contributed by atoms with Crippen molar-refractivity contribution in [2.45, 2.75) is 55.7 Å². The summed E-state index contributed by atoms with van der Waals surface area (Å²) in [6, 6.07) is 7.94. The van der Waals surface area contributed by atoms with Crippen LogP contribution in [0.2, 0.25) is 0 Å². The summed E-state index contributed by atoms with van der Waals surface area (Å²) in [5.74, 6) is 2.00. The molecule has 0 bridgehead atoms. The summed E-state index contributed by atoms with van der Waals surface area (Å²) >= 11 is 2.88. The van der Waals surface area contributed by atoms with Gasteiger partial charge in [-0.25, -0.2) is 0 Å². The van der Waals surface area contributed by atoms with E-state index >= 15 is 0 Å². The van der Waals surface area contributed by atoms with Crippen LogP contribution in [0.4, 0.5) is 10.8 Å². The Labute approximate surface area is 174 Å². The molecule has 1 aliphatic carbocycles.